The maximum absolute atomic E-state index is 11.4. The Balaban J connectivity index is 1.75. The third-order valence-electron chi connectivity index (χ3n) is 3.20. The van der Waals surface area contributed by atoms with Gasteiger partial charge in [0, 0.05) is 0 Å². The largest absolute Gasteiger partial charge is 0.491 e. The Hall–Kier alpha value is -2.48. The standard InChI is InChI=1S/C13H14N5O4P/c14-12-11-13(16-7-15-12)18(8-17-11)5-6-22-9-3-1-2-4-10(9)23(19,20)21/h1-4,7-8H,5-6H2,(H2,14,15,16)(H2,19,20,21). The second-order valence-electron chi connectivity index (χ2n) is 4.73. The molecule has 0 radical (unpaired) electrons. The van der Waals surface area contributed by atoms with Gasteiger partial charge in [0.2, 0.25) is 0 Å². The van der Waals surface area contributed by atoms with Crippen molar-refractivity contribution in [1.82, 2.24) is 19.5 Å². The Morgan fingerprint density at radius 1 is 1.22 bits per heavy atom. The van der Waals surface area contributed by atoms with Gasteiger partial charge in [-0.2, -0.15) is 0 Å². The number of nitrogens with zero attached hydrogens (tertiary/aromatic N) is 4. The molecular formula is C13H14N5O4P. The average molecular weight is 335 g/mol. The summed E-state index contributed by atoms with van der Waals surface area (Å²) in [5.41, 5.74) is 6.79. The Bertz CT molecular complexity index is 891. The Morgan fingerprint density at radius 2 is 2.00 bits per heavy atom. The van der Waals surface area contributed by atoms with Gasteiger partial charge in [-0.15, -0.1) is 0 Å². The van der Waals surface area contributed by atoms with Crippen LogP contribution in [0.1, 0.15) is 0 Å². The zero-order chi connectivity index (χ0) is 16.4. The molecule has 0 bridgehead atoms. The van der Waals surface area contributed by atoms with Crippen LogP contribution in [0.4, 0.5) is 5.82 Å². The van der Waals surface area contributed by atoms with Crippen LogP contribution in [0.15, 0.2) is 36.9 Å². The minimum absolute atomic E-state index is 0.137. The number of rotatable bonds is 5. The molecule has 3 rings (SSSR count). The topological polar surface area (TPSA) is 136 Å². The van der Waals surface area contributed by atoms with E-state index in [2.05, 4.69) is 15.0 Å². The fraction of sp³-hybridized carbons (Fsp3) is 0.154. The van der Waals surface area contributed by atoms with Crippen molar-refractivity contribution in [2.45, 2.75) is 6.54 Å². The number of hydrogen-bond acceptors (Lipinski definition) is 6. The lowest BCUT2D eigenvalue weighted by atomic mass is 10.3. The first-order valence-electron chi connectivity index (χ1n) is 6.66. The van der Waals surface area contributed by atoms with Crippen LogP contribution in [-0.4, -0.2) is 35.9 Å². The first-order chi connectivity index (χ1) is 11.0. The molecule has 4 N–H and O–H groups in total. The molecule has 120 valence electrons. The van der Waals surface area contributed by atoms with E-state index < -0.39 is 7.60 Å². The molecule has 0 aliphatic heterocycles. The van der Waals surface area contributed by atoms with E-state index in [1.165, 1.54) is 18.5 Å². The van der Waals surface area contributed by atoms with Gasteiger partial charge in [0.25, 0.3) is 0 Å². The zero-order valence-electron chi connectivity index (χ0n) is 11.9. The van der Waals surface area contributed by atoms with Crippen molar-refractivity contribution < 1.29 is 19.1 Å². The minimum Gasteiger partial charge on any atom is -0.491 e. The summed E-state index contributed by atoms with van der Waals surface area (Å²) in [6.45, 7) is 0.578. The Morgan fingerprint density at radius 3 is 2.78 bits per heavy atom. The summed E-state index contributed by atoms with van der Waals surface area (Å²) in [6.07, 6.45) is 2.91. The van der Waals surface area contributed by atoms with Crippen LogP contribution < -0.4 is 15.8 Å². The minimum atomic E-state index is -4.38. The molecule has 2 aromatic heterocycles. The van der Waals surface area contributed by atoms with E-state index in [4.69, 9.17) is 10.5 Å². The van der Waals surface area contributed by atoms with Crippen molar-refractivity contribution in [3.05, 3.63) is 36.9 Å². The van der Waals surface area contributed by atoms with Crippen LogP contribution in [0.2, 0.25) is 0 Å². The molecule has 2 heterocycles. The molecule has 0 spiro atoms. The van der Waals surface area contributed by atoms with Gasteiger partial charge >= 0.3 is 7.60 Å². The molecule has 0 saturated carbocycles. The summed E-state index contributed by atoms with van der Waals surface area (Å²) in [6, 6.07) is 6.05. The summed E-state index contributed by atoms with van der Waals surface area (Å²) in [7, 11) is -4.38. The van der Waals surface area contributed by atoms with E-state index in [9.17, 15) is 14.4 Å². The van der Waals surface area contributed by atoms with Crippen molar-refractivity contribution >= 4 is 29.9 Å². The van der Waals surface area contributed by atoms with Crippen LogP contribution in [0.5, 0.6) is 5.75 Å². The maximum Gasteiger partial charge on any atom is 0.359 e. The van der Waals surface area contributed by atoms with E-state index in [0.717, 1.165) is 0 Å². The third kappa shape index (κ3) is 3.16. The predicted octanol–water partition coefficient (Wildman–Crippen LogP) is 0.290. The van der Waals surface area contributed by atoms with Gasteiger partial charge in [-0.05, 0) is 12.1 Å². The second kappa shape index (κ2) is 5.96. The fourth-order valence-electron chi connectivity index (χ4n) is 2.14. The number of nitrogens with two attached hydrogens (primary N) is 1. The molecule has 0 unspecified atom stereocenters. The van der Waals surface area contributed by atoms with E-state index in [0.29, 0.717) is 23.5 Å². The smallest absolute Gasteiger partial charge is 0.359 e. The summed E-state index contributed by atoms with van der Waals surface area (Å²) in [5, 5.41) is -0.137. The summed E-state index contributed by atoms with van der Waals surface area (Å²) in [5.74, 6) is 0.445. The molecule has 3 aromatic rings. The number of benzene rings is 1. The van der Waals surface area contributed by atoms with E-state index in [-0.39, 0.29) is 17.7 Å². The number of anilines is 1. The van der Waals surface area contributed by atoms with Crippen molar-refractivity contribution in [3.63, 3.8) is 0 Å². The molecule has 0 aliphatic carbocycles. The Kier molecular flexibility index (Phi) is 3.99. The van der Waals surface area contributed by atoms with Crippen molar-refractivity contribution in [3.8, 4) is 5.75 Å². The third-order valence-corrected chi connectivity index (χ3v) is 4.20. The van der Waals surface area contributed by atoms with Gasteiger partial charge in [0.1, 0.15) is 29.5 Å². The van der Waals surface area contributed by atoms with Gasteiger partial charge in [-0.1, -0.05) is 12.1 Å². The number of ether oxygens (including phenoxy) is 1. The zero-order valence-corrected chi connectivity index (χ0v) is 12.8. The number of fused-ring (bicyclic) bond motifs is 1. The molecule has 0 amide bonds. The SMILES string of the molecule is Nc1ncnc2c1ncn2CCOc1ccccc1P(=O)(O)O. The molecule has 1 aromatic carbocycles. The van der Waals surface area contributed by atoms with Gasteiger partial charge in [-0.25, -0.2) is 15.0 Å². The normalized spacial score (nSPS) is 11.7. The molecule has 23 heavy (non-hydrogen) atoms. The van der Waals surface area contributed by atoms with Gasteiger partial charge < -0.3 is 24.8 Å². The lowest BCUT2D eigenvalue weighted by Gasteiger charge is -2.12. The van der Waals surface area contributed by atoms with Crippen LogP contribution in [0.25, 0.3) is 11.2 Å². The molecule has 0 fully saturated rings. The van der Waals surface area contributed by atoms with Crippen molar-refractivity contribution in [1.29, 1.82) is 0 Å². The molecule has 10 heteroatoms. The van der Waals surface area contributed by atoms with Crippen LogP contribution in [0, 0.1) is 0 Å². The van der Waals surface area contributed by atoms with E-state index in [1.807, 2.05) is 0 Å². The molecule has 0 atom stereocenters. The van der Waals surface area contributed by atoms with Gasteiger partial charge in [0.15, 0.2) is 11.5 Å². The number of hydrogen-bond donors (Lipinski definition) is 3. The lowest BCUT2D eigenvalue weighted by Crippen LogP contribution is -2.14. The van der Waals surface area contributed by atoms with Crippen LogP contribution >= 0.6 is 7.60 Å². The lowest BCUT2D eigenvalue weighted by molar-refractivity contribution is 0.300. The highest BCUT2D eigenvalue weighted by atomic mass is 31.2. The van der Waals surface area contributed by atoms with Crippen molar-refractivity contribution in [2.24, 2.45) is 0 Å². The van der Waals surface area contributed by atoms with Gasteiger partial charge in [0.05, 0.1) is 12.9 Å². The highest BCUT2D eigenvalue weighted by Crippen LogP contribution is 2.37. The van der Waals surface area contributed by atoms with E-state index >= 15 is 0 Å². The van der Waals surface area contributed by atoms with Crippen LogP contribution in [-0.2, 0) is 11.1 Å². The van der Waals surface area contributed by atoms with Crippen molar-refractivity contribution in [2.75, 3.05) is 12.3 Å². The number of nitrogen functional groups attached to an aromatic ring is 1. The average Bonchev–Trinajstić information content (AvgIpc) is 2.92. The summed E-state index contributed by atoms with van der Waals surface area (Å²) < 4.78 is 18.7. The highest BCUT2D eigenvalue weighted by molar-refractivity contribution is 7.60. The maximum atomic E-state index is 11.4. The molecule has 9 nitrogen and oxygen atoms in total. The number of imidazole rings is 1. The summed E-state index contributed by atoms with van der Waals surface area (Å²) >= 11 is 0. The molecule has 0 saturated heterocycles. The predicted molar refractivity (Wildman–Crippen MR) is 83.4 cm³/mol. The molecule has 0 aliphatic rings. The first kappa shape index (κ1) is 15.4. The number of aromatic nitrogens is 4. The van der Waals surface area contributed by atoms with E-state index in [1.54, 1.807) is 23.0 Å². The molecular weight excluding hydrogens is 321 g/mol. The second-order valence-corrected chi connectivity index (χ2v) is 6.30. The first-order valence-corrected chi connectivity index (χ1v) is 8.27. The van der Waals surface area contributed by atoms with Gasteiger partial charge in [-0.3, -0.25) is 4.57 Å². The fourth-order valence-corrected chi connectivity index (χ4v) is 2.84. The monoisotopic (exact) mass is 335 g/mol. The quantitative estimate of drug-likeness (QED) is 0.566. The van der Waals surface area contributed by atoms with Crippen LogP contribution in [0.3, 0.4) is 0 Å². The summed E-state index contributed by atoms with van der Waals surface area (Å²) in [4.78, 5) is 30.7. The Labute approximate surface area is 130 Å². The number of para-hydroxylation sites is 1. The highest BCUT2D eigenvalue weighted by Gasteiger charge is 2.22.